The van der Waals surface area contributed by atoms with Crippen molar-refractivity contribution >= 4 is 29.3 Å². The number of halogens is 1. The van der Waals surface area contributed by atoms with Crippen LogP contribution in [0.4, 0.5) is 5.69 Å². The molecule has 0 radical (unpaired) electrons. The van der Waals surface area contributed by atoms with Crippen LogP contribution in [0.1, 0.15) is 18.9 Å². The third kappa shape index (κ3) is 4.49. The highest BCUT2D eigenvalue weighted by Gasteiger charge is 2.16. The van der Waals surface area contributed by atoms with E-state index in [1.807, 2.05) is 25.1 Å². The van der Waals surface area contributed by atoms with Crippen LogP contribution in [-0.4, -0.2) is 25.7 Å². The average molecular weight is 374 g/mol. The number of anilines is 1. The summed E-state index contributed by atoms with van der Waals surface area (Å²) in [7, 11) is 0. The molecule has 1 heterocycles. The van der Waals surface area contributed by atoms with Gasteiger partial charge in [0.2, 0.25) is 5.91 Å². The summed E-state index contributed by atoms with van der Waals surface area (Å²) >= 11 is 6.21. The molecule has 1 aliphatic heterocycles. The number of rotatable bonds is 6. The summed E-state index contributed by atoms with van der Waals surface area (Å²) < 4.78 is 16.7. The van der Waals surface area contributed by atoms with Gasteiger partial charge >= 0.3 is 0 Å². The van der Waals surface area contributed by atoms with E-state index in [9.17, 15) is 4.79 Å². The zero-order valence-corrected chi connectivity index (χ0v) is 15.2. The SMILES string of the molecule is CCCOc1ccccc1NC(=O)/C=C/c1cc(Cl)c2c(c1)OCCO2. The molecule has 0 aromatic heterocycles. The van der Waals surface area contributed by atoms with Gasteiger partial charge in [0.15, 0.2) is 11.5 Å². The van der Waals surface area contributed by atoms with Crippen LogP contribution in [0.5, 0.6) is 17.2 Å². The Morgan fingerprint density at radius 1 is 1.27 bits per heavy atom. The Labute approximate surface area is 157 Å². The number of carbonyl (C=O) groups is 1. The number of nitrogens with one attached hydrogen (secondary N) is 1. The van der Waals surface area contributed by atoms with Gasteiger partial charge in [-0.25, -0.2) is 0 Å². The van der Waals surface area contributed by atoms with Crippen molar-refractivity contribution in [1.82, 2.24) is 0 Å². The van der Waals surface area contributed by atoms with Crippen molar-refractivity contribution < 1.29 is 19.0 Å². The summed E-state index contributed by atoms with van der Waals surface area (Å²) in [5, 5.41) is 3.29. The Bertz CT molecular complexity index is 819. The first-order valence-electron chi connectivity index (χ1n) is 8.47. The van der Waals surface area contributed by atoms with Crippen molar-refractivity contribution in [3.63, 3.8) is 0 Å². The van der Waals surface area contributed by atoms with Gasteiger partial charge in [-0.1, -0.05) is 30.7 Å². The Hall–Kier alpha value is -2.66. The Kier molecular flexibility index (Phi) is 6.02. The summed E-state index contributed by atoms with van der Waals surface area (Å²) in [5.74, 6) is 1.52. The van der Waals surface area contributed by atoms with E-state index in [4.69, 9.17) is 25.8 Å². The quantitative estimate of drug-likeness (QED) is 0.754. The van der Waals surface area contributed by atoms with Crippen LogP contribution in [0.2, 0.25) is 5.02 Å². The predicted molar refractivity (Wildman–Crippen MR) is 102 cm³/mol. The van der Waals surface area contributed by atoms with Crippen LogP contribution >= 0.6 is 11.6 Å². The number of amides is 1. The van der Waals surface area contributed by atoms with E-state index in [0.29, 0.717) is 47.8 Å². The first kappa shape index (κ1) is 18.1. The third-order valence-corrected chi connectivity index (χ3v) is 3.93. The number of hydrogen-bond acceptors (Lipinski definition) is 4. The molecule has 0 saturated carbocycles. The van der Waals surface area contributed by atoms with Crippen molar-refractivity contribution in [2.45, 2.75) is 13.3 Å². The number of carbonyl (C=O) groups excluding carboxylic acids is 1. The highest BCUT2D eigenvalue weighted by atomic mass is 35.5. The molecule has 2 aromatic rings. The summed E-state index contributed by atoms with van der Waals surface area (Å²) in [6, 6.07) is 10.9. The monoisotopic (exact) mass is 373 g/mol. The maximum Gasteiger partial charge on any atom is 0.248 e. The number of hydrogen-bond donors (Lipinski definition) is 1. The average Bonchev–Trinajstić information content (AvgIpc) is 2.66. The number of benzene rings is 2. The first-order valence-corrected chi connectivity index (χ1v) is 8.85. The summed E-state index contributed by atoms with van der Waals surface area (Å²) in [6.07, 6.45) is 4.01. The van der Waals surface area contributed by atoms with Gasteiger partial charge in [0, 0.05) is 6.08 Å². The molecule has 26 heavy (non-hydrogen) atoms. The van der Waals surface area contributed by atoms with Gasteiger partial charge in [0.1, 0.15) is 19.0 Å². The number of ether oxygens (including phenoxy) is 3. The summed E-state index contributed by atoms with van der Waals surface area (Å²) in [5.41, 5.74) is 1.39. The normalized spacial score (nSPS) is 12.8. The fourth-order valence-corrected chi connectivity index (χ4v) is 2.75. The lowest BCUT2D eigenvalue weighted by molar-refractivity contribution is -0.111. The van der Waals surface area contributed by atoms with E-state index >= 15 is 0 Å². The second kappa shape index (κ2) is 8.63. The van der Waals surface area contributed by atoms with Crippen LogP contribution < -0.4 is 19.5 Å². The Balaban J connectivity index is 1.70. The molecule has 1 aliphatic rings. The van der Waals surface area contributed by atoms with Crippen molar-refractivity contribution in [1.29, 1.82) is 0 Å². The predicted octanol–water partition coefficient (Wildman–Crippen LogP) is 4.55. The molecule has 0 unspecified atom stereocenters. The van der Waals surface area contributed by atoms with Crippen LogP contribution in [0.25, 0.3) is 6.08 Å². The lowest BCUT2D eigenvalue weighted by Gasteiger charge is -2.19. The molecule has 0 spiro atoms. The van der Waals surface area contributed by atoms with E-state index in [-0.39, 0.29) is 5.91 Å². The fourth-order valence-electron chi connectivity index (χ4n) is 2.48. The van der Waals surface area contributed by atoms with Gasteiger partial charge in [-0.05, 0) is 42.3 Å². The number of para-hydroxylation sites is 2. The van der Waals surface area contributed by atoms with Crippen molar-refractivity contribution in [2.75, 3.05) is 25.1 Å². The molecular formula is C20H20ClNO4. The molecule has 5 nitrogen and oxygen atoms in total. The Morgan fingerprint density at radius 2 is 2.08 bits per heavy atom. The van der Waals surface area contributed by atoms with E-state index in [2.05, 4.69) is 5.32 Å². The minimum absolute atomic E-state index is 0.261. The van der Waals surface area contributed by atoms with Gasteiger partial charge in [0.05, 0.1) is 17.3 Å². The number of fused-ring (bicyclic) bond motifs is 1. The molecule has 0 bridgehead atoms. The van der Waals surface area contributed by atoms with Crippen LogP contribution in [0.3, 0.4) is 0 Å². The molecule has 136 valence electrons. The highest BCUT2D eigenvalue weighted by molar-refractivity contribution is 6.32. The largest absolute Gasteiger partial charge is 0.491 e. The van der Waals surface area contributed by atoms with Gasteiger partial charge in [-0.2, -0.15) is 0 Å². The molecule has 0 saturated heterocycles. The minimum atomic E-state index is -0.261. The van der Waals surface area contributed by atoms with E-state index in [0.717, 1.165) is 12.0 Å². The second-order valence-corrected chi connectivity index (χ2v) is 6.10. The van der Waals surface area contributed by atoms with Crippen LogP contribution in [0.15, 0.2) is 42.5 Å². The minimum Gasteiger partial charge on any atom is -0.491 e. The fraction of sp³-hybridized carbons (Fsp3) is 0.250. The van der Waals surface area contributed by atoms with Gasteiger partial charge < -0.3 is 19.5 Å². The molecular weight excluding hydrogens is 354 g/mol. The molecule has 0 fully saturated rings. The smallest absolute Gasteiger partial charge is 0.248 e. The lowest BCUT2D eigenvalue weighted by Crippen LogP contribution is -2.15. The maximum atomic E-state index is 12.2. The Morgan fingerprint density at radius 3 is 2.92 bits per heavy atom. The molecule has 1 N–H and O–H groups in total. The van der Waals surface area contributed by atoms with E-state index in [1.165, 1.54) is 6.08 Å². The van der Waals surface area contributed by atoms with Crippen LogP contribution in [-0.2, 0) is 4.79 Å². The summed E-state index contributed by atoms with van der Waals surface area (Å²) in [4.78, 5) is 12.2. The zero-order chi connectivity index (χ0) is 18.4. The van der Waals surface area contributed by atoms with Crippen LogP contribution in [0, 0.1) is 0 Å². The van der Waals surface area contributed by atoms with Gasteiger partial charge in [-0.15, -0.1) is 0 Å². The standard InChI is InChI=1S/C20H20ClNO4/c1-2-9-24-17-6-4-3-5-16(17)22-19(23)8-7-14-12-15(21)20-18(13-14)25-10-11-26-20/h3-8,12-13H,2,9-11H2,1H3,(H,22,23)/b8-7+. The molecule has 2 aromatic carbocycles. The zero-order valence-electron chi connectivity index (χ0n) is 14.5. The van der Waals surface area contributed by atoms with E-state index in [1.54, 1.807) is 24.3 Å². The van der Waals surface area contributed by atoms with Crippen molar-refractivity contribution in [3.05, 3.63) is 53.1 Å². The summed E-state index contributed by atoms with van der Waals surface area (Å²) in [6.45, 7) is 3.58. The van der Waals surface area contributed by atoms with Crippen molar-refractivity contribution in [2.24, 2.45) is 0 Å². The maximum absolute atomic E-state index is 12.2. The lowest BCUT2D eigenvalue weighted by atomic mass is 10.1. The molecule has 3 rings (SSSR count). The second-order valence-electron chi connectivity index (χ2n) is 5.69. The molecule has 6 heteroatoms. The van der Waals surface area contributed by atoms with Crippen molar-refractivity contribution in [3.8, 4) is 17.2 Å². The topological polar surface area (TPSA) is 56.8 Å². The third-order valence-electron chi connectivity index (χ3n) is 3.65. The molecule has 0 aliphatic carbocycles. The molecule has 0 atom stereocenters. The molecule has 1 amide bonds. The van der Waals surface area contributed by atoms with Gasteiger partial charge in [-0.3, -0.25) is 4.79 Å². The first-order chi connectivity index (χ1) is 12.7. The van der Waals surface area contributed by atoms with Gasteiger partial charge in [0.25, 0.3) is 0 Å². The highest BCUT2D eigenvalue weighted by Crippen LogP contribution is 2.38. The van der Waals surface area contributed by atoms with E-state index < -0.39 is 0 Å².